The van der Waals surface area contributed by atoms with Gasteiger partial charge in [-0.1, -0.05) is 0 Å². The molecule has 2 N–H and O–H groups in total. The number of aromatic amines is 1. The topological polar surface area (TPSA) is 78.8 Å². The normalized spacial score (nSPS) is 16.2. The number of H-pyrrole nitrogens is 1. The largest absolute Gasteiger partial charge is 0.361 e. The SMILES string of the molecule is Cn1cc2c(n1)C(C(=O)NCCc1c[nH]c3ccc(F)cc13)CN(Cc1ccncc1)C2. The van der Waals surface area contributed by atoms with E-state index in [1.807, 2.05) is 31.6 Å². The van der Waals surface area contributed by atoms with E-state index in [-0.39, 0.29) is 17.6 Å². The van der Waals surface area contributed by atoms with Crippen LogP contribution < -0.4 is 5.32 Å². The Hall–Kier alpha value is -3.52. The summed E-state index contributed by atoms with van der Waals surface area (Å²) in [6, 6.07) is 8.70. The molecule has 4 aromatic rings. The number of pyridine rings is 1. The molecule has 3 aromatic heterocycles. The summed E-state index contributed by atoms with van der Waals surface area (Å²) >= 11 is 0. The van der Waals surface area contributed by atoms with Gasteiger partial charge in [-0.2, -0.15) is 5.10 Å². The van der Waals surface area contributed by atoms with Gasteiger partial charge >= 0.3 is 0 Å². The minimum absolute atomic E-state index is 0.0320. The molecule has 0 aliphatic carbocycles. The van der Waals surface area contributed by atoms with Crippen molar-refractivity contribution in [3.8, 4) is 0 Å². The van der Waals surface area contributed by atoms with E-state index in [0.29, 0.717) is 19.5 Å². The first-order chi connectivity index (χ1) is 15.6. The zero-order valence-corrected chi connectivity index (χ0v) is 17.9. The van der Waals surface area contributed by atoms with Crippen LogP contribution >= 0.6 is 0 Å². The standard InChI is InChI=1S/C24H25FN6O/c1-30-13-18-14-31(12-16-4-7-26-8-5-16)15-21(23(18)29-30)24(32)27-9-6-17-11-28-22-3-2-19(25)10-20(17)22/h2-5,7-8,10-11,13,21,28H,6,9,12,14-15H2,1H3,(H,27,32). The molecule has 0 radical (unpaired) electrons. The molecule has 1 amide bonds. The van der Waals surface area contributed by atoms with Crippen molar-refractivity contribution < 1.29 is 9.18 Å². The molecule has 7 nitrogen and oxygen atoms in total. The van der Waals surface area contributed by atoms with E-state index in [1.165, 1.54) is 12.1 Å². The van der Waals surface area contributed by atoms with E-state index in [4.69, 9.17) is 0 Å². The first-order valence-corrected chi connectivity index (χ1v) is 10.7. The van der Waals surface area contributed by atoms with Gasteiger partial charge in [0.05, 0.1) is 11.6 Å². The van der Waals surface area contributed by atoms with Crippen molar-refractivity contribution in [2.75, 3.05) is 13.1 Å². The summed E-state index contributed by atoms with van der Waals surface area (Å²) < 4.78 is 15.4. The summed E-state index contributed by atoms with van der Waals surface area (Å²) in [4.78, 5) is 22.7. The number of carbonyl (C=O) groups excluding carboxylic acids is 1. The van der Waals surface area contributed by atoms with Gasteiger partial charge in [-0.05, 0) is 47.9 Å². The van der Waals surface area contributed by atoms with Gasteiger partial charge in [-0.25, -0.2) is 4.39 Å². The van der Waals surface area contributed by atoms with Crippen LogP contribution in [-0.4, -0.2) is 43.6 Å². The number of benzene rings is 1. The van der Waals surface area contributed by atoms with Crippen LogP contribution in [0.2, 0.25) is 0 Å². The van der Waals surface area contributed by atoms with Gasteiger partial charge in [0.1, 0.15) is 5.82 Å². The fourth-order valence-corrected chi connectivity index (χ4v) is 4.50. The van der Waals surface area contributed by atoms with Crippen LogP contribution in [0.4, 0.5) is 4.39 Å². The molecule has 8 heteroatoms. The number of nitrogens with one attached hydrogen (secondary N) is 2. The van der Waals surface area contributed by atoms with Crippen molar-refractivity contribution in [2.24, 2.45) is 7.05 Å². The maximum absolute atomic E-state index is 13.6. The number of aromatic nitrogens is 4. The fourth-order valence-electron chi connectivity index (χ4n) is 4.50. The van der Waals surface area contributed by atoms with Crippen LogP contribution in [0, 0.1) is 5.82 Å². The van der Waals surface area contributed by atoms with E-state index in [0.717, 1.165) is 46.4 Å². The Morgan fingerprint density at radius 3 is 2.97 bits per heavy atom. The minimum Gasteiger partial charge on any atom is -0.361 e. The average Bonchev–Trinajstić information content (AvgIpc) is 3.36. The lowest BCUT2D eigenvalue weighted by atomic mass is 9.95. The number of rotatable bonds is 6. The molecule has 1 aliphatic rings. The number of halogens is 1. The predicted molar refractivity (Wildman–Crippen MR) is 119 cm³/mol. The third-order valence-corrected chi connectivity index (χ3v) is 6.00. The molecule has 4 heterocycles. The lowest BCUT2D eigenvalue weighted by molar-refractivity contribution is -0.123. The summed E-state index contributed by atoms with van der Waals surface area (Å²) in [5.74, 6) is -0.626. The third kappa shape index (κ3) is 4.13. The molecular weight excluding hydrogens is 407 g/mol. The van der Waals surface area contributed by atoms with Gasteiger partial charge < -0.3 is 10.3 Å². The van der Waals surface area contributed by atoms with Crippen LogP contribution in [0.3, 0.4) is 0 Å². The second-order valence-corrected chi connectivity index (χ2v) is 8.34. The van der Waals surface area contributed by atoms with Crippen LogP contribution in [-0.2, 0) is 31.4 Å². The Morgan fingerprint density at radius 1 is 1.28 bits per heavy atom. The molecule has 5 rings (SSSR count). The monoisotopic (exact) mass is 432 g/mol. The van der Waals surface area contributed by atoms with Crippen molar-refractivity contribution in [3.63, 3.8) is 0 Å². The highest BCUT2D eigenvalue weighted by Crippen LogP contribution is 2.28. The zero-order chi connectivity index (χ0) is 22.1. The van der Waals surface area contributed by atoms with Crippen LogP contribution in [0.1, 0.15) is 28.3 Å². The van der Waals surface area contributed by atoms with E-state index < -0.39 is 0 Å². The smallest absolute Gasteiger partial charge is 0.230 e. The highest BCUT2D eigenvalue weighted by Gasteiger charge is 2.33. The number of nitrogens with zero attached hydrogens (tertiary/aromatic N) is 4. The molecule has 164 valence electrons. The molecule has 1 aromatic carbocycles. The second kappa shape index (κ2) is 8.55. The number of hydrogen-bond acceptors (Lipinski definition) is 4. The van der Waals surface area contributed by atoms with E-state index >= 15 is 0 Å². The molecule has 0 saturated heterocycles. The van der Waals surface area contributed by atoms with Crippen LogP contribution in [0.15, 0.2) is 55.1 Å². The molecule has 1 aliphatic heterocycles. The molecule has 32 heavy (non-hydrogen) atoms. The average molecular weight is 433 g/mol. The summed E-state index contributed by atoms with van der Waals surface area (Å²) in [6.45, 7) is 2.60. The Labute approximate surface area is 185 Å². The molecule has 0 bridgehead atoms. The Kier molecular flexibility index (Phi) is 5.45. The molecule has 0 spiro atoms. The first-order valence-electron chi connectivity index (χ1n) is 10.7. The maximum atomic E-state index is 13.6. The Morgan fingerprint density at radius 2 is 2.12 bits per heavy atom. The summed E-state index contributed by atoms with van der Waals surface area (Å²) in [5.41, 5.74) is 4.98. The van der Waals surface area contributed by atoms with Crippen LogP contribution in [0.25, 0.3) is 10.9 Å². The molecule has 1 unspecified atom stereocenters. The molecule has 0 saturated carbocycles. The molecular formula is C24H25FN6O. The Bertz CT molecular complexity index is 1250. The number of hydrogen-bond donors (Lipinski definition) is 2. The van der Waals surface area contributed by atoms with Crippen molar-refractivity contribution in [2.45, 2.75) is 25.4 Å². The van der Waals surface area contributed by atoms with Gasteiger partial charge in [-0.3, -0.25) is 19.4 Å². The minimum atomic E-state index is -0.331. The summed E-state index contributed by atoms with van der Waals surface area (Å²) in [5, 5.41) is 8.50. The lowest BCUT2D eigenvalue weighted by Crippen LogP contribution is -2.41. The van der Waals surface area contributed by atoms with Crippen molar-refractivity contribution in [1.82, 2.24) is 30.0 Å². The quantitative estimate of drug-likeness (QED) is 0.491. The van der Waals surface area contributed by atoms with Crippen molar-refractivity contribution >= 4 is 16.8 Å². The summed E-state index contributed by atoms with van der Waals surface area (Å²) in [6.07, 6.45) is 8.07. The first kappa shape index (κ1) is 20.4. The Balaban J connectivity index is 1.27. The maximum Gasteiger partial charge on any atom is 0.230 e. The van der Waals surface area contributed by atoms with Crippen molar-refractivity contribution in [1.29, 1.82) is 0 Å². The van der Waals surface area contributed by atoms with E-state index in [1.54, 1.807) is 23.1 Å². The van der Waals surface area contributed by atoms with Gasteiger partial charge in [0, 0.05) is 74.5 Å². The molecule has 0 fully saturated rings. The summed E-state index contributed by atoms with van der Waals surface area (Å²) in [7, 11) is 1.89. The van der Waals surface area contributed by atoms with Crippen molar-refractivity contribution in [3.05, 3.63) is 83.3 Å². The van der Waals surface area contributed by atoms with Gasteiger partial charge in [0.2, 0.25) is 5.91 Å². The number of aryl methyl sites for hydroxylation is 1. The van der Waals surface area contributed by atoms with Gasteiger partial charge in [0.25, 0.3) is 0 Å². The number of amides is 1. The highest BCUT2D eigenvalue weighted by molar-refractivity contribution is 5.85. The van der Waals surface area contributed by atoms with Crippen LogP contribution in [0.5, 0.6) is 0 Å². The molecule has 1 atom stereocenters. The number of carbonyl (C=O) groups is 1. The lowest BCUT2D eigenvalue weighted by Gasteiger charge is -2.31. The number of fused-ring (bicyclic) bond motifs is 2. The van der Waals surface area contributed by atoms with Gasteiger partial charge in [0.15, 0.2) is 0 Å². The van der Waals surface area contributed by atoms with E-state index in [9.17, 15) is 9.18 Å². The second-order valence-electron chi connectivity index (χ2n) is 8.34. The van der Waals surface area contributed by atoms with E-state index in [2.05, 4.69) is 25.3 Å². The van der Waals surface area contributed by atoms with Gasteiger partial charge in [-0.15, -0.1) is 0 Å². The third-order valence-electron chi connectivity index (χ3n) is 6.00. The predicted octanol–water partition coefficient (Wildman–Crippen LogP) is 2.89. The zero-order valence-electron chi connectivity index (χ0n) is 17.9. The highest BCUT2D eigenvalue weighted by atomic mass is 19.1. The fraction of sp³-hybridized carbons (Fsp3) is 0.292.